The maximum atomic E-state index is 12.5. The molecule has 8 N–H and O–H groups in total. The summed E-state index contributed by atoms with van der Waals surface area (Å²) in [5.41, 5.74) is 1.12. The second-order valence-electron chi connectivity index (χ2n) is 12.6. The lowest BCUT2D eigenvalue weighted by molar-refractivity contribution is -0.352. The van der Waals surface area contributed by atoms with E-state index in [1.165, 1.54) is 39.5 Å². The van der Waals surface area contributed by atoms with Crippen LogP contribution in [0, 0.1) is 11.8 Å². The second kappa shape index (κ2) is 17.5. The molecule has 1 aliphatic carbocycles. The van der Waals surface area contributed by atoms with Crippen LogP contribution in [0.3, 0.4) is 0 Å². The number of ether oxygens (including phenoxy) is 9. The predicted octanol–water partition coefficient (Wildman–Crippen LogP) is -2.42. The van der Waals surface area contributed by atoms with Crippen molar-refractivity contribution in [3.63, 3.8) is 0 Å². The van der Waals surface area contributed by atoms with Crippen LogP contribution in [0.2, 0.25) is 0 Å². The van der Waals surface area contributed by atoms with Gasteiger partial charge in [0.05, 0.1) is 52.3 Å². The van der Waals surface area contributed by atoms with Gasteiger partial charge >= 0.3 is 11.9 Å². The molecule has 19 heteroatoms. The summed E-state index contributed by atoms with van der Waals surface area (Å²) in [5, 5.41) is 83.6. The number of esters is 2. The third kappa shape index (κ3) is 8.60. The quantitative estimate of drug-likeness (QED) is 0.0591. The first-order chi connectivity index (χ1) is 25.3. The molecule has 0 bridgehead atoms. The molecule has 294 valence electrons. The van der Waals surface area contributed by atoms with Crippen molar-refractivity contribution in [3.05, 3.63) is 47.3 Å². The molecule has 2 fully saturated rings. The smallest absolute Gasteiger partial charge is 0.337 e. The highest BCUT2D eigenvalue weighted by atomic mass is 16.8. The van der Waals surface area contributed by atoms with Crippen LogP contribution >= 0.6 is 0 Å². The summed E-state index contributed by atoms with van der Waals surface area (Å²) in [6.07, 6.45) is -12.4. The van der Waals surface area contributed by atoms with Crippen molar-refractivity contribution in [2.45, 2.75) is 74.1 Å². The van der Waals surface area contributed by atoms with E-state index in [0.29, 0.717) is 17.6 Å². The number of rotatable bonds is 13. The highest BCUT2D eigenvalue weighted by molar-refractivity contribution is 5.89. The number of hydrogen-bond donors (Lipinski definition) is 8. The third-order valence-electron chi connectivity index (χ3n) is 9.45. The second-order valence-corrected chi connectivity index (χ2v) is 12.6. The summed E-state index contributed by atoms with van der Waals surface area (Å²) >= 11 is 0. The Morgan fingerprint density at radius 3 is 2.04 bits per heavy atom. The Hall–Kier alpha value is -3.86. The van der Waals surface area contributed by atoms with Crippen LogP contribution < -0.4 is 9.47 Å². The minimum Gasteiger partial charge on any atom is -0.502 e. The van der Waals surface area contributed by atoms with Crippen molar-refractivity contribution in [1.29, 1.82) is 0 Å². The van der Waals surface area contributed by atoms with Crippen molar-refractivity contribution in [1.82, 2.24) is 0 Å². The van der Waals surface area contributed by atoms with E-state index in [4.69, 9.17) is 42.6 Å². The first kappa shape index (κ1) is 40.3. The van der Waals surface area contributed by atoms with Crippen LogP contribution in [0.15, 0.2) is 41.7 Å². The lowest BCUT2D eigenvalue weighted by atomic mass is 9.83. The van der Waals surface area contributed by atoms with E-state index in [2.05, 4.69) is 0 Å². The summed E-state index contributed by atoms with van der Waals surface area (Å²) in [4.78, 5) is 24.8. The maximum absolute atomic E-state index is 12.5. The zero-order chi connectivity index (χ0) is 38.6. The summed E-state index contributed by atoms with van der Waals surface area (Å²) in [6.45, 7) is -1.59. The fraction of sp³-hybridized carbons (Fsp3) is 0.588. The van der Waals surface area contributed by atoms with E-state index in [-0.39, 0.29) is 29.4 Å². The summed E-state index contributed by atoms with van der Waals surface area (Å²) < 4.78 is 48.6. The third-order valence-corrected chi connectivity index (χ3v) is 9.45. The van der Waals surface area contributed by atoms with Gasteiger partial charge in [0.15, 0.2) is 24.1 Å². The van der Waals surface area contributed by atoms with E-state index >= 15 is 0 Å². The topological polar surface area (TPSA) is 279 Å². The molecular formula is C34H44O19. The highest BCUT2D eigenvalue weighted by Gasteiger charge is 2.51. The number of carbonyl (C=O) groups is 2. The van der Waals surface area contributed by atoms with Crippen LogP contribution in [0.4, 0.5) is 0 Å². The molecule has 5 rings (SSSR count). The minimum absolute atomic E-state index is 0.0945. The summed E-state index contributed by atoms with van der Waals surface area (Å²) in [6, 6.07) is 2.88. The van der Waals surface area contributed by atoms with E-state index < -0.39 is 105 Å². The van der Waals surface area contributed by atoms with Crippen LogP contribution in [-0.4, -0.2) is 162 Å². The average molecular weight is 757 g/mol. The number of phenols is 1. The van der Waals surface area contributed by atoms with Crippen molar-refractivity contribution in [3.8, 4) is 17.2 Å². The van der Waals surface area contributed by atoms with Crippen molar-refractivity contribution in [2.24, 2.45) is 11.8 Å². The molecule has 0 radical (unpaired) electrons. The molecule has 13 atom stereocenters. The van der Waals surface area contributed by atoms with E-state index in [0.717, 1.165) is 12.3 Å². The molecule has 1 aromatic rings. The standard InChI is InChI=1S/C34H44O19/c1-45-18-8-14(9-19(46-2)24(18)37)4-7-22(36)48-12-20-25(38)27(40)29(42)33(51-20)50-13-21-26(39)28(41)30(43)34(52-21)53-32-23-15(10-35)5-6-16(23)17(11-49-32)31(44)47-3/h4-5,7-9,11,16,20-21,23,25-30,32-35,37-43H,6,10,12-13H2,1-3H3/t16-,20-,21-,23+,25+,26+,27-,28-,29+,30+,32+,33-,34-/m0/s1. The first-order valence-electron chi connectivity index (χ1n) is 16.5. The van der Waals surface area contributed by atoms with Gasteiger partial charge in [-0.25, -0.2) is 9.59 Å². The van der Waals surface area contributed by atoms with Crippen LogP contribution in [0.25, 0.3) is 6.08 Å². The van der Waals surface area contributed by atoms with Gasteiger partial charge < -0.3 is 83.5 Å². The molecule has 1 aromatic carbocycles. The molecule has 0 aromatic heterocycles. The molecule has 53 heavy (non-hydrogen) atoms. The van der Waals surface area contributed by atoms with Gasteiger partial charge in [-0.3, -0.25) is 0 Å². The number of aliphatic hydroxyl groups excluding tert-OH is 7. The normalized spacial score (nSPS) is 35.5. The minimum atomic E-state index is -1.83. The lowest BCUT2D eigenvalue weighted by Crippen LogP contribution is -2.62. The van der Waals surface area contributed by atoms with Gasteiger partial charge in [0, 0.05) is 12.0 Å². The van der Waals surface area contributed by atoms with E-state index in [1.54, 1.807) is 6.08 Å². The van der Waals surface area contributed by atoms with E-state index in [9.17, 15) is 50.4 Å². The molecule has 0 unspecified atom stereocenters. The first-order valence-corrected chi connectivity index (χ1v) is 16.5. The number of benzene rings is 1. The van der Waals surface area contributed by atoms with Crippen molar-refractivity contribution in [2.75, 3.05) is 41.2 Å². The monoisotopic (exact) mass is 756 g/mol. The molecule has 3 aliphatic heterocycles. The fourth-order valence-corrected chi connectivity index (χ4v) is 6.49. The Balaban J connectivity index is 1.20. The largest absolute Gasteiger partial charge is 0.502 e. The van der Waals surface area contributed by atoms with Crippen LogP contribution in [0.5, 0.6) is 17.2 Å². The Morgan fingerprint density at radius 2 is 1.43 bits per heavy atom. The summed E-state index contributed by atoms with van der Waals surface area (Å²) in [7, 11) is 3.89. The Labute approximate surface area is 302 Å². The molecular weight excluding hydrogens is 712 g/mol. The zero-order valence-electron chi connectivity index (χ0n) is 28.9. The number of carbonyl (C=O) groups excluding carboxylic acids is 2. The Bertz CT molecular complexity index is 1520. The van der Waals surface area contributed by atoms with Gasteiger partial charge in [0.2, 0.25) is 12.0 Å². The van der Waals surface area contributed by atoms with Gasteiger partial charge in [0.25, 0.3) is 0 Å². The number of phenolic OH excluding ortho intramolecular Hbond substituents is 1. The number of aliphatic hydroxyl groups is 7. The molecule has 0 amide bonds. The Kier molecular flexibility index (Phi) is 13.3. The lowest BCUT2D eigenvalue weighted by Gasteiger charge is -2.44. The van der Waals surface area contributed by atoms with Crippen LogP contribution in [-0.2, 0) is 42.7 Å². The van der Waals surface area contributed by atoms with Gasteiger partial charge in [-0.1, -0.05) is 6.08 Å². The number of hydrogen-bond acceptors (Lipinski definition) is 19. The van der Waals surface area contributed by atoms with Gasteiger partial charge in [-0.15, -0.1) is 0 Å². The molecule has 0 saturated carbocycles. The maximum Gasteiger partial charge on any atom is 0.337 e. The number of methoxy groups -OCH3 is 3. The van der Waals surface area contributed by atoms with Gasteiger partial charge in [0.1, 0.15) is 55.4 Å². The molecule has 19 nitrogen and oxygen atoms in total. The van der Waals surface area contributed by atoms with Gasteiger partial charge in [-0.2, -0.15) is 0 Å². The molecule has 0 spiro atoms. The fourth-order valence-electron chi connectivity index (χ4n) is 6.49. The molecule has 4 aliphatic rings. The average Bonchev–Trinajstić information content (AvgIpc) is 3.61. The van der Waals surface area contributed by atoms with Crippen molar-refractivity contribution < 1.29 is 93.1 Å². The predicted molar refractivity (Wildman–Crippen MR) is 173 cm³/mol. The summed E-state index contributed by atoms with van der Waals surface area (Å²) in [5.74, 6) is -2.73. The Morgan fingerprint density at radius 1 is 0.830 bits per heavy atom. The molecule has 3 heterocycles. The van der Waals surface area contributed by atoms with E-state index in [1.807, 2.05) is 0 Å². The highest BCUT2D eigenvalue weighted by Crippen LogP contribution is 2.44. The number of allylic oxidation sites excluding steroid dienone is 1. The molecule has 2 saturated heterocycles. The van der Waals surface area contributed by atoms with Crippen molar-refractivity contribution >= 4 is 18.0 Å². The van der Waals surface area contributed by atoms with Crippen LogP contribution in [0.1, 0.15) is 12.0 Å². The van der Waals surface area contributed by atoms with Gasteiger partial charge in [-0.05, 0) is 35.8 Å². The number of aromatic hydroxyl groups is 1. The SMILES string of the molecule is COC(=O)C1=CO[C@H](O[C@@H]2O[C@@H](CO[C@H]3O[C@@H](COC(=O)C=Cc4cc(OC)c(O)c(OC)c4)[C@@H](O)[C@H](O)[C@H]3O)[C@@H](O)[C@H](O)[C@H]2O)[C@@H]2C(CO)=CC[C@@H]12. The zero-order valence-corrected chi connectivity index (χ0v) is 28.9. The number of fused-ring (bicyclic) bond motifs is 1.